The number of carbonyl (C=O) groups excluding carboxylic acids is 9. The average Bonchev–Trinajstić information content (AvgIpc) is 0.847. The molecule has 28 heteroatoms. The van der Waals surface area contributed by atoms with Gasteiger partial charge in [0.25, 0.3) is 0 Å². The second kappa shape index (κ2) is 52.7. The number of carboxylic acids is 2. The maximum absolute atomic E-state index is 12.5. The number of carbonyl (C=O) groups is 11. The third-order valence-corrected chi connectivity index (χ3v) is 16.3. The Bertz CT molecular complexity index is 3700. The molecule has 0 unspecified atom stereocenters. The molecule has 0 bridgehead atoms. The van der Waals surface area contributed by atoms with Gasteiger partial charge in [0.15, 0.2) is 5.78 Å². The molecule has 600 valence electrons. The maximum atomic E-state index is 12.5. The van der Waals surface area contributed by atoms with Crippen LogP contribution >= 0.6 is 23.5 Å². The Hall–Kier alpha value is -10.3. The maximum Gasteiger partial charge on any atom is 0.408 e. The van der Waals surface area contributed by atoms with Gasteiger partial charge < -0.3 is 75.5 Å². The van der Waals surface area contributed by atoms with E-state index in [1.165, 1.54) is 17.3 Å². The molecule has 0 heterocycles. The lowest BCUT2D eigenvalue weighted by atomic mass is 9.92. The average molecular weight is 1560 g/mol. The van der Waals surface area contributed by atoms with Crippen molar-refractivity contribution >= 4 is 89.4 Å². The molecule has 6 aromatic rings. The van der Waals surface area contributed by atoms with Crippen molar-refractivity contribution in [3.63, 3.8) is 0 Å². The number of amides is 3. The van der Waals surface area contributed by atoms with Gasteiger partial charge >= 0.3 is 60.1 Å². The number of thioether (sulfide) groups is 2. The summed E-state index contributed by atoms with van der Waals surface area (Å²) in [5.74, 6) is -3.09. The van der Waals surface area contributed by atoms with E-state index in [9.17, 15) is 52.7 Å². The Labute approximate surface area is 653 Å². The first-order valence-corrected chi connectivity index (χ1v) is 38.0. The van der Waals surface area contributed by atoms with Crippen molar-refractivity contribution < 1.29 is 101 Å². The predicted octanol–water partition coefficient (Wildman–Crippen LogP) is 13.2. The van der Waals surface area contributed by atoms with Crippen LogP contribution in [0.15, 0.2) is 182 Å². The predicted molar refractivity (Wildman–Crippen MR) is 421 cm³/mol. The first-order chi connectivity index (χ1) is 52.0. The molecule has 6 atom stereocenters. The number of rotatable bonds is 34. The summed E-state index contributed by atoms with van der Waals surface area (Å²) in [5.41, 5.74) is 15.2. The van der Waals surface area contributed by atoms with Crippen LogP contribution in [0, 0.1) is 0 Å². The Kier molecular flexibility index (Phi) is 45.9. The molecule has 6 rings (SSSR count). The highest BCUT2D eigenvalue weighted by atomic mass is 32.2. The molecule has 110 heavy (non-hydrogen) atoms. The second-order valence-electron chi connectivity index (χ2n) is 27.0. The number of hydrogen-bond donors (Lipinski definition) is 7. The van der Waals surface area contributed by atoms with Crippen LogP contribution in [0.2, 0.25) is 0 Å². The van der Waals surface area contributed by atoms with Crippen molar-refractivity contribution in [2.45, 2.75) is 193 Å². The number of Topliss-reactive ketones (excluding diaryl/α,β-unsaturated/α-hetero) is 1. The molecule has 0 radical (unpaired) electrons. The quantitative estimate of drug-likeness (QED) is 0.0146. The monoisotopic (exact) mass is 1560 g/mol. The molecular weight excluding hydrogens is 1460 g/mol. The highest BCUT2D eigenvalue weighted by molar-refractivity contribution is 7.98. The third kappa shape index (κ3) is 45.5. The smallest absolute Gasteiger partial charge is 0.408 e. The number of benzene rings is 6. The van der Waals surface area contributed by atoms with Crippen LogP contribution in [-0.2, 0) is 101 Å². The van der Waals surface area contributed by atoms with E-state index in [-0.39, 0.29) is 82.0 Å². The topological polar surface area (TPSA) is 390 Å². The first-order valence-electron chi connectivity index (χ1n) is 35.7. The molecule has 0 spiro atoms. The largest absolute Gasteiger partial charge is 0.480 e. The van der Waals surface area contributed by atoms with Crippen molar-refractivity contribution in [1.82, 2.24) is 16.0 Å². The van der Waals surface area contributed by atoms with E-state index in [2.05, 4.69) is 16.0 Å². The Balaban J connectivity index is 0.000000474. The summed E-state index contributed by atoms with van der Waals surface area (Å²) in [6.45, 7) is 21.6. The van der Waals surface area contributed by atoms with E-state index in [0.29, 0.717) is 18.1 Å². The summed E-state index contributed by atoms with van der Waals surface area (Å²) in [5, 5.41) is 25.3. The molecule has 0 aromatic heterocycles. The van der Waals surface area contributed by atoms with Crippen LogP contribution in [0.25, 0.3) is 0 Å². The highest BCUT2D eigenvalue weighted by Crippen LogP contribution is 2.24. The summed E-state index contributed by atoms with van der Waals surface area (Å²) >= 11 is 3.07. The number of ketones is 1. The van der Waals surface area contributed by atoms with Crippen molar-refractivity contribution in [2.24, 2.45) is 11.5 Å². The minimum Gasteiger partial charge on any atom is -0.480 e. The van der Waals surface area contributed by atoms with Crippen LogP contribution in [0.3, 0.4) is 0 Å². The molecule has 0 saturated carbocycles. The number of nitrogens with one attached hydrogen (secondary N) is 3. The van der Waals surface area contributed by atoms with Crippen molar-refractivity contribution in [3.05, 3.63) is 215 Å². The molecule has 9 N–H and O–H groups in total. The molecule has 0 aliphatic carbocycles. The highest BCUT2D eigenvalue weighted by Gasteiger charge is 2.30. The number of esters is 5. The fourth-order valence-corrected chi connectivity index (χ4v) is 10.9. The van der Waals surface area contributed by atoms with E-state index >= 15 is 0 Å². The van der Waals surface area contributed by atoms with Crippen LogP contribution in [0.1, 0.15) is 161 Å². The Morgan fingerprint density at radius 1 is 0.391 bits per heavy atom. The van der Waals surface area contributed by atoms with E-state index in [1.54, 1.807) is 94.8 Å². The summed E-state index contributed by atoms with van der Waals surface area (Å²) < 4.78 is 40.3. The van der Waals surface area contributed by atoms with Gasteiger partial charge in [0, 0.05) is 42.3 Å². The fraction of sp³-hybridized carbons (Fsp3) is 0.427. The standard InChI is InChI=1S/C21H25NO3S.C19H27NO6.C17H23NO6.C15H21NO4S.C10H13NO2/c1-2-25-21(24)18(17-11-7-4-8-12-17)13-20(23)19(22)15-26-14-16-9-5-3-6-10-16;1-5-24-17(22)15(20-18(23)26-19(2,3)4)11-12-16(21)25-13-14-9-7-6-8-10-14;1-17(2,3)24-16(22)18-13(15(20)21)9-10-14(19)23-11-12-7-5-4-6-8-12;1-15(2,3)20-14(19)16-12(13(17)18)10-21-9-11-7-5-4-6-8-11;1-2-13-10(12)9(11)8-6-4-3-5-7-8/h3-12,18-19H,2,13-15,22H2,1H3;6-10,15H,5,11-13H2,1-4H3,(H,20,23);4-8,13H,9-11H2,1-3H3,(H,18,22)(H,20,21);4-8,12H,9-10H2,1-3H3,(H,16,19)(H,17,18);3-7,9H,2,11H2,1H3/t18-,19+;15-;13-;12-;9-/m10001/s1. The zero-order valence-electron chi connectivity index (χ0n) is 64.8. The summed E-state index contributed by atoms with van der Waals surface area (Å²) in [6, 6.07) is 52.2. The molecule has 26 nitrogen and oxygen atoms in total. The lowest BCUT2D eigenvalue weighted by Gasteiger charge is -2.22. The summed E-state index contributed by atoms with van der Waals surface area (Å²) in [7, 11) is 0. The molecule has 0 fully saturated rings. The van der Waals surface area contributed by atoms with Gasteiger partial charge in [-0.1, -0.05) is 182 Å². The molecule has 3 amide bonds. The van der Waals surface area contributed by atoms with Crippen LogP contribution < -0.4 is 27.4 Å². The Morgan fingerprint density at radius 3 is 1.08 bits per heavy atom. The van der Waals surface area contributed by atoms with Crippen molar-refractivity contribution in [3.8, 4) is 0 Å². The molecular formula is C82H109N5O21S2. The normalized spacial score (nSPS) is 12.4. The van der Waals surface area contributed by atoms with E-state index in [4.69, 9.17) is 59.6 Å². The van der Waals surface area contributed by atoms with Crippen molar-refractivity contribution in [1.29, 1.82) is 0 Å². The zero-order valence-corrected chi connectivity index (χ0v) is 66.4. The molecule has 0 aliphatic heterocycles. The summed E-state index contributed by atoms with van der Waals surface area (Å²) in [6.07, 6.45) is -2.41. The van der Waals surface area contributed by atoms with Gasteiger partial charge in [-0.15, -0.1) is 0 Å². The number of nitrogens with two attached hydrogens (primary N) is 2. The molecule has 0 saturated heterocycles. The number of hydrogen-bond acceptors (Lipinski definition) is 23. The van der Waals surface area contributed by atoms with E-state index in [0.717, 1.165) is 33.6 Å². The van der Waals surface area contributed by atoms with Crippen molar-refractivity contribution in [2.75, 3.05) is 31.3 Å². The fourth-order valence-electron chi connectivity index (χ4n) is 8.90. The SMILES string of the molecule is CC(C)(C)OC(=O)N[C@@H](CCC(=O)OCc1ccccc1)C(=O)O.CC(C)(C)OC(=O)N[C@@H](CSCc1ccccc1)C(=O)O.CCOC(=O)[C@H](CC(=O)[C@@H](N)CSCc1ccccc1)c1ccccc1.CCOC(=O)[C@H](CCC(=O)OCc1ccccc1)NC(=O)OC(C)(C)C.CCOC(=O)[C@H](N)c1ccccc1. The first kappa shape index (κ1) is 95.8. The Morgan fingerprint density at radius 2 is 0.709 bits per heavy atom. The van der Waals surface area contributed by atoms with Crippen LogP contribution in [0.5, 0.6) is 0 Å². The third-order valence-electron chi connectivity index (χ3n) is 14.1. The lowest BCUT2D eigenvalue weighted by Crippen LogP contribution is -2.44. The zero-order chi connectivity index (χ0) is 82.1. The van der Waals surface area contributed by atoms with Gasteiger partial charge in [0.1, 0.15) is 54.2 Å². The van der Waals surface area contributed by atoms with E-state index < -0.39 is 101 Å². The second-order valence-corrected chi connectivity index (χ2v) is 29.1. The van der Waals surface area contributed by atoms with Gasteiger partial charge in [-0.25, -0.2) is 33.6 Å². The summed E-state index contributed by atoms with van der Waals surface area (Å²) in [4.78, 5) is 129. The number of ether oxygens (including phenoxy) is 8. The van der Waals surface area contributed by atoms with Gasteiger partial charge in [-0.2, -0.15) is 23.5 Å². The number of carboxylic acid groups (broad SMARTS) is 2. The van der Waals surface area contributed by atoms with Gasteiger partial charge in [-0.3, -0.25) is 19.2 Å². The molecule has 0 aliphatic rings. The minimum atomic E-state index is -1.24. The van der Waals surface area contributed by atoms with Gasteiger partial charge in [0.2, 0.25) is 0 Å². The number of alkyl carbamates (subject to hydrolysis) is 3. The number of aliphatic carboxylic acids is 2. The van der Waals surface area contributed by atoms with E-state index in [1.807, 2.05) is 182 Å². The van der Waals surface area contributed by atoms with Gasteiger partial charge in [0.05, 0.1) is 31.8 Å². The molecule has 6 aromatic carbocycles. The minimum absolute atomic E-state index is 0.0356. The van der Waals surface area contributed by atoms with Gasteiger partial charge in [-0.05, 0) is 129 Å². The van der Waals surface area contributed by atoms with Crippen LogP contribution in [0.4, 0.5) is 14.4 Å². The lowest BCUT2D eigenvalue weighted by molar-refractivity contribution is -0.148. The van der Waals surface area contributed by atoms with Crippen LogP contribution in [-0.4, -0.2) is 148 Å².